The summed E-state index contributed by atoms with van der Waals surface area (Å²) in [6.45, 7) is 5.40. The van der Waals surface area contributed by atoms with Crippen molar-refractivity contribution in [1.29, 1.82) is 0 Å². The Morgan fingerprint density at radius 1 is 1.33 bits per heavy atom. The Morgan fingerprint density at radius 2 is 2.06 bits per heavy atom. The lowest BCUT2D eigenvalue weighted by Gasteiger charge is -2.24. The van der Waals surface area contributed by atoms with E-state index >= 15 is 0 Å². The summed E-state index contributed by atoms with van der Waals surface area (Å²) in [5, 5.41) is 10.5. The van der Waals surface area contributed by atoms with Gasteiger partial charge in [0.2, 0.25) is 5.82 Å². The molecule has 12 heteroatoms. The molecule has 0 aliphatic carbocycles. The monoisotopic (exact) mass is 594 g/mol. The van der Waals surface area contributed by atoms with Crippen LogP contribution in [-0.4, -0.2) is 27.3 Å². The highest BCUT2D eigenvalue weighted by atomic mass is 127. The fraction of sp³-hybridized carbons (Fsp3) is 0.381. The molecule has 6 nitrogen and oxygen atoms in total. The van der Waals surface area contributed by atoms with Gasteiger partial charge < -0.3 is 14.6 Å². The number of nitrogens with zero attached hydrogens (tertiary/aromatic N) is 3. The maximum Gasteiger partial charge on any atom is 0.451 e. The number of ether oxygens (including phenoxy) is 1. The van der Waals surface area contributed by atoms with Crippen molar-refractivity contribution in [2.24, 2.45) is 5.41 Å². The first-order valence-electron chi connectivity index (χ1n) is 9.97. The van der Waals surface area contributed by atoms with Gasteiger partial charge in [-0.15, -0.1) is 21.5 Å². The van der Waals surface area contributed by atoms with Crippen molar-refractivity contribution in [2.45, 2.75) is 39.9 Å². The van der Waals surface area contributed by atoms with Crippen LogP contribution in [0.15, 0.2) is 18.2 Å². The van der Waals surface area contributed by atoms with Gasteiger partial charge >= 0.3 is 12.1 Å². The van der Waals surface area contributed by atoms with E-state index in [1.807, 2.05) is 36.4 Å². The first-order valence-corrected chi connectivity index (χ1v) is 11.9. The highest BCUT2D eigenvalue weighted by molar-refractivity contribution is 14.1. The number of thiophene rings is 1. The van der Waals surface area contributed by atoms with E-state index in [1.54, 1.807) is 13.0 Å². The molecule has 1 aliphatic heterocycles. The third-order valence-corrected chi connectivity index (χ3v) is 6.93. The van der Waals surface area contributed by atoms with Gasteiger partial charge in [0.25, 0.3) is 0 Å². The molecule has 2 aromatic heterocycles. The Labute approximate surface area is 204 Å². The molecule has 1 N–H and O–H groups in total. The largest absolute Gasteiger partial charge is 0.462 e. The predicted molar refractivity (Wildman–Crippen MR) is 124 cm³/mol. The molecule has 0 radical (unpaired) electrons. The van der Waals surface area contributed by atoms with E-state index < -0.39 is 29.2 Å². The van der Waals surface area contributed by atoms with E-state index in [-0.39, 0.29) is 35.2 Å². The van der Waals surface area contributed by atoms with Crippen molar-refractivity contribution < 1.29 is 27.1 Å². The third kappa shape index (κ3) is 4.59. The maximum absolute atomic E-state index is 14.5. The first kappa shape index (κ1) is 23.9. The second-order valence-corrected chi connectivity index (χ2v) is 10.6. The molecular formula is C21H19F4IN4O2S. The summed E-state index contributed by atoms with van der Waals surface area (Å²) >= 11 is 3.01. The normalized spacial score (nSPS) is 14.9. The Hall–Kier alpha value is -2.22. The van der Waals surface area contributed by atoms with Crippen LogP contribution in [0.2, 0.25) is 0 Å². The van der Waals surface area contributed by atoms with Crippen molar-refractivity contribution in [3.8, 4) is 10.7 Å². The lowest BCUT2D eigenvalue weighted by molar-refractivity contribution is -0.147. The average molecular weight is 594 g/mol. The fourth-order valence-electron chi connectivity index (χ4n) is 3.83. The molecule has 3 aromatic rings. The van der Waals surface area contributed by atoms with Crippen molar-refractivity contribution in [3.63, 3.8) is 0 Å². The Bertz CT molecular complexity index is 1240. The first-order chi connectivity index (χ1) is 15.4. The summed E-state index contributed by atoms with van der Waals surface area (Å²) in [7, 11) is 0. The minimum absolute atomic E-state index is 0.0162. The Balaban J connectivity index is 1.94. The van der Waals surface area contributed by atoms with Gasteiger partial charge in [0.15, 0.2) is 5.82 Å². The second kappa shape index (κ2) is 8.53. The number of nitrogens with one attached hydrogen (secondary N) is 1. The number of halogens is 5. The van der Waals surface area contributed by atoms with E-state index in [2.05, 4.69) is 15.5 Å². The van der Waals surface area contributed by atoms with E-state index in [9.17, 15) is 22.4 Å². The number of fused-ring (bicyclic) bond motifs is 3. The summed E-state index contributed by atoms with van der Waals surface area (Å²) in [6, 6.07) is 4.57. The molecule has 33 heavy (non-hydrogen) atoms. The van der Waals surface area contributed by atoms with Crippen LogP contribution >= 0.6 is 33.9 Å². The molecule has 1 aromatic carbocycles. The van der Waals surface area contributed by atoms with Crippen LogP contribution < -0.4 is 5.32 Å². The van der Waals surface area contributed by atoms with Crippen LogP contribution in [0.25, 0.3) is 10.7 Å². The highest BCUT2D eigenvalue weighted by Gasteiger charge is 2.43. The molecule has 0 atom stereocenters. The molecule has 0 saturated carbocycles. The Kier molecular flexibility index (Phi) is 6.18. The highest BCUT2D eigenvalue weighted by Crippen LogP contribution is 2.48. The van der Waals surface area contributed by atoms with Gasteiger partial charge in [0.1, 0.15) is 10.8 Å². The number of benzene rings is 1. The zero-order chi connectivity index (χ0) is 24.1. The van der Waals surface area contributed by atoms with E-state index in [4.69, 9.17) is 4.74 Å². The van der Waals surface area contributed by atoms with Crippen LogP contribution in [0.1, 0.15) is 42.5 Å². The molecule has 0 spiro atoms. The topological polar surface area (TPSA) is 69.0 Å². The summed E-state index contributed by atoms with van der Waals surface area (Å²) in [4.78, 5) is 13.3. The van der Waals surface area contributed by atoms with Crippen LogP contribution in [-0.2, 0) is 23.9 Å². The lowest BCUT2D eigenvalue weighted by atomic mass is 9.85. The van der Waals surface area contributed by atoms with Gasteiger partial charge in [-0.1, -0.05) is 13.8 Å². The van der Waals surface area contributed by atoms with Crippen LogP contribution in [0.5, 0.6) is 0 Å². The van der Waals surface area contributed by atoms with Gasteiger partial charge in [0, 0.05) is 10.1 Å². The molecular weight excluding hydrogens is 575 g/mol. The molecule has 3 heterocycles. The standard InChI is InChI=1S/C21H19F4IN4O2S/c1-4-32-18(31)14-11-8-20(2,3)9-30-16(28-29-19(30)21(23,24)25)15(11)33-17(14)27-13-6-5-10(26)7-12(13)22/h5-7,27H,4,8-9H2,1-3H3. The SMILES string of the molecule is CCOC(=O)c1c(Nc2ccc(I)cc2F)sc2c1CC(C)(C)Cn1c-2nnc1C(F)(F)F. The summed E-state index contributed by atoms with van der Waals surface area (Å²) in [5.41, 5.74) is 0.162. The molecule has 0 bridgehead atoms. The predicted octanol–water partition coefficient (Wildman–Crippen LogP) is 6.27. The third-order valence-electron chi connectivity index (χ3n) is 5.11. The van der Waals surface area contributed by atoms with E-state index in [0.29, 0.717) is 20.4 Å². The zero-order valence-corrected chi connectivity index (χ0v) is 20.8. The molecule has 0 unspecified atom stereocenters. The molecule has 1 aliphatic rings. The van der Waals surface area contributed by atoms with Crippen molar-refractivity contribution >= 4 is 50.6 Å². The van der Waals surface area contributed by atoms with Crippen LogP contribution in [0.4, 0.5) is 28.3 Å². The minimum Gasteiger partial charge on any atom is -0.462 e. The number of alkyl halides is 3. The number of rotatable bonds is 4. The number of hydrogen-bond acceptors (Lipinski definition) is 6. The number of esters is 1. The number of aromatic nitrogens is 3. The quantitative estimate of drug-likeness (QED) is 0.219. The van der Waals surface area contributed by atoms with Gasteiger partial charge in [0.05, 0.1) is 22.7 Å². The van der Waals surface area contributed by atoms with E-state index in [0.717, 1.165) is 15.9 Å². The minimum atomic E-state index is -4.68. The molecule has 0 amide bonds. The van der Waals surface area contributed by atoms with E-state index in [1.165, 1.54) is 12.1 Å². The van der Waals surface area contributed by atoms with Gasteiger partial charge in [-0.05, 0) is 65.1 Å². The Morgan fingerprint density at radius 3 is 2.70 bits per heavy atom. The number of carbonyl (C=O) groups is 1. The molecule has 176 valence electrons. The molecule has 0 fully saturated rings. The number of hydrogen-bond donors (Lipinski definition) is 1. The number of anilines is 2. The smallest absolute Gasteiger partial charge is 0.451 e. The number of carbonyl (C=O) groups excluding carboxylic acids is 1. The molecule has 0 saturated heterocycles. The second-order valence-electron chi connectivity index (χ2n) is 8.36. The van der Waals surface area contributed by atoms with Crippen LogP contribution in [0, 0.1) is 14.8 Å². The lowest BCUT2D eigenvalue weighted by Crippen LogP contribution is -2.25. The van der Waals surface area contributed by atoms with Gasteiger partial charge in [-0.3, -0.25) is 0 Å². The van der Waals surface area contributed by atoms with Crippen molar-refractivity contribution in [1.82, 2.24) is 14.8 Å². The maximum atomic E-state index is 14.5. The van der Waals surface area contributed by atoms with Gasteiger partial charge in [-0.2, -0.15) is 13.2 Å². The average Bonchev–Trinajstić information content (AvgIpc) is 3.22. The summed E-state index contributed by atoms with van der Waals surface area (Å²) < 4.78 is 62.3. The van der Waals surface area contributed by atoms with Crippen molar-refractivity contribution in [3.05, 3.63) is 44.5 Å². The van der Waals surface area contributed by atoms with Crippen molar-refractivity contribution in [2.75, 3.05) is 11.9 Å². The summed E-state index contributed by atoms with van der Waals surface area (Å²) in [6.07, 6.45) is -4.39. The molecule has 4 rings (SSSR count). The summed E-state index contributed by atoms with van der Waals surface area (Å²) in [5.74, 6) is -2.23. The van der Waals surface area contributed by atoms with Gasteiger partial charge in [-0.25, -0.2) is 9.18 Å². The van der Waals surface area contributed by atoms with Crippen LogP contribution in [0.3, 0.4) is 0 Å². The fourth-order valence-corrected chi connectivity index (χ4v) is 5.49. The zero-order valence-electron chi connectivity index (χ0n) is 17.8.